The number of hydrogen-bond acceptors (Lipinski definition) is 3. The van der Waals surface area contributed by atoms with E-state index >= 15 is 0 Å². The second-order valence-corrected chi connectivity index (χ2v) is 11.4. The van der Waals surface area contributed by atoms with Crippen molar-refractivity contribution in [2.24, 2.45) is 9.98 Å². The molecular formula is C44H33N3. The Balaban J connectivity index is 1.36. The predicted octanol–water partition coefficient (Wildman–Crippen LogP) is 9.14. The van der Waals surface area contributed by atoms with Crippen LogP contribution in [0, 0.1) is 0 Å². The number of pyridine rings is 1. The van der Waals surface area contributed by atoms with Crippen LogP contribution in [0.2, 0.25) is 0 Å². The van der Waals surface area contributed by atoms with E-state index in [0.29, 0.717) is 6.54 Å². The number of rotatable bonds is 8. The highest BCUT2D eigenvalue weighted by Gasteiger charge is 2.15. The van der Waals surface area contributed by atoms with Gasteiger partial charge >= 0.3 is 0 Å². The van der Waals surface area contributed by atoms with Crippen LogP contribution in [0.4, 0.5) is 0 Å². The Morgan fingerprint density at radius 2 is 1.32 bits per heavy atom. The molecule has 1 heterocycles. The monoisotopic (exact) mass is 603 g/mol. The Morgan fingerprint density at radius 3 is 2.17 bits per heavy atom. The van der Waals surface area contributed by atoms with Gasteiger partial charge in [0.1, 0.15) is 0 Å². The smallest absolute Gasteiger partial charge is 0.0744 e. The van der Waals surface area contributed by atoms with E-state index in [1.165, 1.54) is 10.8 Å². The molecule has 0 atom stereocenters. The van der Waals surface area contributed by atoms with Crippen LogP contribution in [0.15, 0.2) is 168 Å². The molecule has 0 saturated carbocycles. The van der Waals surface area contributed by atoms with Crippen molar-refractivity contribution in [2.45, 2.75) is 0 Å². The molecule has 0 radical (unpaired) electrons. The number of aliphatic imine (C=N–C) groups is 2. The molecule has 0 aliphatic heterocycles. The third-order valence-electron chi connectivity index (χ3n) is 8.46. The van der Waals surface area contributed by atoms with Gasteiger partial charge in [0, 0.05) is 40.7 Å². The van der Waals surface area contributed by atoms with Crippen molar-refractivity contribution in [3.05, 3.63) is 180 Å². The summed E-state index contributed by atoms with van der Waals surface area (Å²) in [4.78, 5) is 14.0. The van der Waals surface area contributed by atoms with Crippen molar-refractivity contribution in [3.8, 4) is 22.3 Å². The minimum absolute atomic E-state index is 0.476. The Morgan fingerprint density at radius 1 is 0.617 bits per heavy atom. The Hall–Kier alpha value is -6.19. The lowest BCUT2D eigenvalue weighted by molar-refractivity contribution is 1.28. The maximum absolute atomic E-state index is 5.23. The van der Waals surface area contributed by atoms with E-state index in [4.69, 9.17) is 4.99 Å². The Kier molecular flexibility index (Phi) is 8.44. The van der Waals surface area contributed by atoms with Gasteiger partial charge in [-0.3, -0.25) is 15.0 Å². The van der Waals surface area contributed by atoms with E-state index in [1.54, 1.807) is 0 Å². The summed E-state index contributed by atoms with van der Waals surface area (Å²) in [6.07, 6.45) is 7.78. The second kappa shape index (κ2) is 13.4. The first-order chi connectivity index (χ1) is 23.2. The normalized spacial score (nSPS) is 12.5. The first kappa shape index (κ1) is 29.5. The first-order valence-corrected chi connectivity index (χ1v) is 15.7. The molecule has 6 aromatic carbocycles. The third-order valence-corrected chi connectivity index (χ3v) is 8.46. The molecule has 0 unspecified atom stereocenters. The summed E-state index contributed by atoms with van der Waals surface area (Å²) < 4.78 is 0. The highest BCUT2D eigenvalue weighted by Crippen LogP contribution is 2.32. The van der Waals surface area contributed by atoms with Crippen molar-refractivity contribution in [3.63, 3.8) is 0 Å². The van der Waals surface area contributed by atoms with Crippen molar-refractivity contribution < 1.29 is 0 Å². The van der Waals surface area contributed by atoms with Crippen molar-refractivity contribution in [1.82, 2.24) is 4.98 Å². The quantitative estimate of drug-likeness (QED) is 0.160. The lowest BCUT2D eigenvalue weighted by Gasteiger charge is -2.15. The molecule has 0 saturated heterocycles. The first-order valence-electron chi connectivity index (χ1n) is 15.7. The molecule has 1 aromatic heterocycles. The number of aromatic nitrogens is 1. The molecule has 0 spiro atoms. The minimum Gasteiger partial charge on any atom is -0.280 e. The van der Waals surface area contributed by atoms with E-state index in [0.717, 1.165) is 65.9 Å². The van der Waals surface area contributed by atoms with Crippen molar-refractivity contribution in [1.29, 1.82) is 0 Å². The third kappa shape index (κ3) is 6.33. The molecule has 0 amide bonds. The summed E-state index contributed by atoms with van der Waals surface area (Å²) in [5.41, 5.74) is 8.15. The summed E-state index contributed by atoms with van der Waals surface area (Å²) in [5, 5.41) is 6.74. The number of nitrogens with zero attached hydrogens (tertiary/aromatic N) is 3. The molecule has 3 nitrogen and oxygen atoms in total. The van der Waals surface area contributed by atoms with Gasteiger partial charge in [0.15, 0.2) is 0 Å². The number of benzene rings is 6. The van der Waals surface area contributed by atoms with Gasteiger partial charge in [0.05, 0.1) is 12.3 Å². The number of fused-ring (bicyclic) bond motifs is 2. The zero-order valence-electron chi connectivity index (χ0n) is 26.1. The minimum atomic E-state index is 0.476. The van der Waals surface area contributed by atoms with E-state index < -0.39 is 0 Å². The maximum Gasteiger partial charge on any atom is 0.0744 e. The molecule has 0 N–H and O–H groups in total. The van der Waals surface area contributed by atoms with Gasteiger partial charge in [-0.1, -0.05) is 134 Å². The molecule has 224 valence electrons. The lowest BCUT2D eigenvalue weighted by Crippen LogP contribution is -2.22. The maximum atomic E-state index is 5.23. The second-order valence-electron chi connectivity index (χ2n) is 11.4. The SMILES string of the molecule is C=N/C=C(\C(=NC/C=c1\ccccc1=C)c1cccc(-c2ccc3ccccc3c2)c1)c1cccc(-c2cncc3ccccc23)c1. The topological polar surface area (TPSA) is 37.6 Å². The summed E-state index contributed by atoms with van der Waals surface area (Å²) in [6.45, 7) is 8.52. The zero-order valence-corrected chi connectivity index (χ0v) is 26.1. The van der Waals surface area contributed by atoms with Crippen LogP contribution in [-0.4, -0.2) is 24.0 Å². The molecule has 0 bridgehead atoms. The molecule has 0 fully saturated rings. The van der Waals surface area contributed by atoms with Crippen molar-refractivity contribution in [2.75, 3.05) is 6.54 Å². The molecule has 0 aliphatic carbocycles. The van der Waals surface area contributed by atoms with Crippen LogP contribution in [-0.2, 0) is 0 Å². The van der Waals surface area contributed by atoms with Crippen LogP contribution in [0.3, 0.4) is 0 Å². The van der Waals surface area contributed by atoms with Crippen LogP contribution in [0.25, 0.3) is 62.0 Å². The van der Waals surface area contributed by atoms with E-state index in [2.05, 4.69) is 145 Å². The summed E-state index contributed by atoms with van der Waals surface area (Å²) in [7, 11) is 0. The number of allylic oxidation sites excluding steroid dienone is 1. The highest BCUT2D eigenvalue weighted by atomic mass is 14.7. The van der Waals surface area contributed by atoms with Gasteiger partial charge in [-0.2, -0.15) is 0 Å². The molecule has 47 heavy (non-hydrogen) atoms. The standard InChI is InChI=1S/C44H33N3/c1-31-11-3-4-12-32(31)23-24-47-44(39-19-9-16-35(26-39)36-22-21-33-13-5-6-14-34(33)25-36)43(29-45-2)38-18-10-17-37(27-38)42-30-46-28-40-15-7-8-20-41(40)42/h3-23,25-30H,1-2,24H2/b32-23+,43-29-,47-44?. The summed E-state index contributed by atoms with van der Waals surface area (Å²) in [5.74, 6) is 0. The molecule has 7 rings (SSSR count). The van der Waals surface area contributed by atoms with Crippen LogP contribution >= 0.6 is 0 Å². The Bertz CT molecular complexity index is 2430. The zero-order chi connectivity index (χ0) is 32.0. The number of hydrogen-bond donors (Lipinski definition) is 0. The molecule has 3 heteroatoms. The largest absolute Gasteiger partial charge is 0.280 e. The molecule has 0 aliphatic rings. The summed E-state index contributed by atoms with van der Waals surface area (Å²) >= 11 is 0. The fourth-order valence-corrected chi connectivity index (χ4v) is 6.08. The fraction of sp³-hybridized carbons (Fsp3) is 0.0227. The molecule has 7 aromatic rings. The van der Waals surface area contributed by atoms with Crippen LogP contribution < -0.4 is 10.4 Å². The van der Waals surface area contributed by atoms with Gasteiger partial charge in [0.25, 0.3) is 0 Å². The van der Waals surface area contributed by atoms with Gasteiger partial charge in [-0.25, -0.2) is 0 Å². The average Bonchev–Trinajstić information content (AvgIpc) is 3.13. The van der Waals surface area contributed by atoms with Crippen LogP contribution in [0.1, 0.15) is 11.1 Å². The Labute approximate surface area is 275 Å². The van der Waals surface area contributed by atoms with Crippen LogP contribution in [0.5, 0.6) is 0 Å². The summed E-state index contributed by atoms with van der Waals surface area (Å²) in [6, 6.07) is 48.6. The van der Waals surface area contributed by atoms with E-state index in [9.17, 15) is 0 Å². The molecular weight excluding hydrogens is 571 g/mol. The predicted molar refractivity (Wildman–Crippen MR) is 201 cm³/mol. The van der Waals surface area contributed by atoms with Crippen molar-refractivity contribution >= 4 is 52.2 Å². The van der Waals surface area contributed by atoms with Gasteiger partial charge in [0.2, 0.25) is 0 Å². The van der Waals surface area contributed by atoms with E-state index in [-0.39, 0.29) is 0 Å². The van der Waals surface area contributed by atoms with Gasteiger partial charge in [-0.05, 0) is 73.8 Å². The average molecular weight is 604 g/mol. The fourth-order valence-electron chi connectivity index (χ4n) is 6.08. The van der Waals surface area contributed by atoms with Gasteiger partial charge in [-0.15, -0.1) is 0 Å². The van der Waals surface area contributed by atoms with E-state index in [1.807, 2.05) is 42.9 Å². The highest BCUT2D eigenvalue weighted by molar-refractivity contribution is 6.32. The lowest BCUT2D eigenvalue weighted by atomic mass is 9.91. The van der Waals surface area contributed by atoms with Gasteiger partial charge < -0.3 is 0 Å².